The Morgan fingerprint density at radius 2 is 0.882 bits per heavy atom. The van der Waals surface area contributed by atoms with Crippen LogP contribution in [0.1, 0.15) is 22.3 Å². The van der Waals surface area contributed by atoms with Gasteiger partial charge >= 0.3 is 0 Å². The average molecular weight is 454 g/mol. The van der Waals surface area contributed by atoms with E-state index in [2.05, 4.69) is 72.6 Å². The van der Waals surface area contributed by atoms with E-state index in [-0.39, 0.29) is 0 Å². The maximum Gasteiger partial charge on any atom is 0.118 e. The van der Waals surface area contributed by atoms with Crippen molar-refractivity contribution in [2.45, 2.75) is 12.1 Å². The van der Waals surface area contributed by atoms with Crippen molar-refractivity contribution in [2.75, 3.05) is 28.4 Å². The molecule has 0 spiro atoms. The normalized spacial score (nSPS) is 11.3. The minimum Gasteiger partial charge on any atom is -0.497 e. The summed E-state index contributed by atoms with van der Waals surface area (Å²) in [5, 5.41) is 0. The van der Waals surface area contributed by atoms with Gasteiger partial charge in [0, 0.05) is 6.54 Å². The Kier molecular flexibility index (Phi) is 7.19. The summed E-state index contributed by atoms with van der Waals surface area (Å²) >= 11 is 0. The van der Waals surface area contributed by atoms with Gasteiger partial charge in [-0.1, -0.05) is 66.7 Å². The van der Waals surface area contributed by atoms with Crippen molar-refractivity contribution < 1.29 is 14.2 Å². The van der Waals surface area contributed by atoms with Gasteiger partial charge in [0.15, 0.2) is 0 Å². The summed E-state index contributed by atoms with van der Waals surface area (Å²) in [4.78, 5) is 2.40. The monoisotopic (exact) mass is 453 g/mol. The summed E-state index contributed by atoms with van der Waals surface area (Å²) in [6, 6.07) is 35.6. The van der Waals surface area contributed by atoms with Crippen LogP contribution >= 0.6 is 0 Å². The Bertz CT molecular complexity index is 1050. The highest BCUT2D eigenvalue weighted by atomic mass is 16.5. The molecule has 0 aromatic heterocycles. The zero-order chi connectivity index (χ0) is 24.0. The Morgan fingerprint density at radius 1 is 0.529 bits per heavy atom. The quantitative estimate of drug-likeness (QED) is 0.285. The average Bonchev–Trinajstić information content (AvgIpc) is 2.91. The molecule has 0 saturated heterocycles. The molecule has 0 unspecified atom stereocenters. The molecule has 4 aromatic carbocycles. The van der Waals surface area contributed by atoms with Gasteiger partial charge < -0.3 is 14.2 Å². The van der Waals surface area contributed by atoms with Gasteiger partial charge in [-0.3, -0.25) is 4.90 Å². The molecule has 34 heavy (non-hydrogen) atoms. The predicted octanol–water partition coefficient (Wildman–Crippen LogP) is 6.14. The van der Waals surface area contributed by atoms with Crippen molar-refractivity contribution in [1.29, 1.82) is 0 Å². The first-order valence-electron chi connectivity index (χ1n) is 11.3. The van der Waals surface area contributed by atoms with Crippen LogP contribution in [0.5, 0.6) is 17.2 Å². The number of hydrogen-bond acceptors (Lipinski definition) is 4. The van der Waals surface area contributed by atoms with Gasteiger partial charge in [-0.15, -0.1) is 0 Å². The molecular weight excluding hydrogens is 422 g/mol. The number of methoxy groups -OCH3 is 3. The van der Waals surface area contributed by atoms with E-state index in [4.69, 9.17) is 14.2 Å². The minimum atomic E-state index is -0.569. The highest BCUT2D eigenvalue weighted by molar-refractivity contribution is 5.52. The van der Waals surface area contributed by atoms with Crippen molar-refractivity contribution in [1.82, 2.24) is 4.90 Å². The Balaban J connectivity index is 1.97. The van der Waals surface area contributed by atoms with E-state index in [1.807, 2.05) is 42.5 Å². The lowest BCUT2D eigenvalue weighted by molar-refractivity contribution is 0.190. The summed E-state index contributed by atoms with van der Waals surface area (Å²) in [6.07, 6.45) is 0. The molecule has 0 atom stereocenters. The van der Waals surface area contributed by atoms with Crippen LogP contribution in [0, 0.1) is 0 Å². The molecule has 4 rings (SSSR count). The van der Waals surface area contributed by atoms with Crippen molar-refractivity contribution in [3.8, 4) is 17.2 Å². The van der Waals surface area contributed by atoms with Gasteiger partial charge in [-0.25, -0.2) is 0 Å². The molecule has 0 N–H and O–H groups in total. The van der Waals surface area contributed by atoms with E-state index in [9.17, 15) is 0 Å². The number of benzene rings is 4. The van der Waals surface area contributed by atoms with Gasteiger partial charge in [0.25, 0.3) is 0 Å². The van der Waals surface area contributed by atoms with E-state index in [0.29, 0.717) is 0 Å². The van der Waals surface area contributed by atoms with Crippen LogP contribution in [0.15, 0.2) is 103 Å². The third-order valence-electron chi connectivity index (χ3n) is 6.36. The molecule has 0 aliphatic carbocycles. The van der Waals surface area contributed by atoms with E-state index >= 15 is 0 Å². The largest absolute Gasteiger partial charge is 0.497 e. The van der Waals surface area contributed by atoms with E-state index in [1.165, 1.54) is 5.56 Å². The zero-order valence-corrected chi connectivity index (χ0v) is 20.2. The second-order valence-electron chi connectivity index (χ2n) is 8.24. The topological polar surface area (TPSA) is 30.9 Å². The van der Waals surface area contributed by atoms with Crippen LogP contribution in [0.25, 0.3) is 0 Å². The molecule has 4 aromatic rings. The van der Waals surface area contributed by atoms with Crippen LogP contribution in [0.4, 0.5) is 0 Å². The Hall–Kier alpha value is -3.76. The first-order chi connectivity index (χ1) is 16.6. The maximum atomic E-state index is 5.46. The first-order valence-corrected chi connectivity index (χ1v) is 11.3. The fourth-order valence-electron chi connectivity index (χ4n) is 4.63. The molecule has 0 aliphatic rings. The number of rotatable bonds is 9. The predicted molar refractivity (Wildman–Crippen MR) is 137 cm³/mol. The molecule has 4 nitrogen and oxygen atoms in total. The maximum absolute atomic E-state index is 5.46. The highest BCUT2D eigenvalue weighted by Crippen LogP contribution is 2.43. The Labute approximate surface area is 202 Å². The molecule has 0 saturated carbocycles. The first kappa shape index (κ1) is 23.4. The number of nitrogens with zero attached hydrogens (tertiary/aromatic N) is 1. The van der Waals surface area contributed by atoms with Gasteiger partial charge in [0.2, 0.25) is 0 Å². The second kappa shape index (κ2) is 10.4. The number of hydrogen-bond donors (Lipinski definition) is 0. The SMILES string of the molecule is COc1ccc(C(c2ccc(OC)cc2)(c2ccc(OC)cc2)N(C)Cc2ccccc2)cc1. The van der Waals surface area contributed by atoms with Gasteiger partial charge in [0.05, 0.1) is 26.9 Å². The third-order valence-corrected chi connectivity index (χ3v) is 6.36. The summed E-state index contributed by atoms with van der Waals surface area (Å²) in [5.74, 6) is 2.48. The lowest BCUT2D eigenvalue weighted by Crippen LogP contribution is -2.45. The van der Waals surface area contributed by atoms with E-state index < -0.39 is 5.54 Å². The molecule has 0 radical (unpaired) electrons. The smallest absolute Gasteiger partial charge is 0.118 e. The Morgan fingerprint density at radius 3 is 1.21 bits per heavy atom. The lowest BCUT2D eigenvalue weighted by Gasteiger charge is -2.44. The van der Waals surface area contributed by atoms with E-state index in [0.717, 1.165) is 40.5 Å². The van der Waals surface area contributed by atoms with Gasteiger partial charge in [-0.2, -0.15) is 0 Å². The molecule has 0 aliphatic heterocycles. The molecule has 0 amide bonds. The van der Waals surface area contributed by atoms with Crippen LogP contribution in [-0.4, -0.2) is 33.3 Å². The van der Waals surface area contributed by atoms with Crippen molar-refractivity contribution >= 4 is 0 Å². The molecular formula is C30H31NO3. The van der Waals surface area contributed by atoms with Crippen LogP contribution < -0.4 is 14.2 Å². The standard InChI is InChI=1S/C30H31NO3/c1-31(22-23-8-6-5-7-9-23)30(24-10-16-27(32-2)17-11-24,25-12-18-28(33-3)19-13-25)26-14-20-29(34-4)21-15-26/h5-21H,22H2,1-4H3. The van der Waals surface area contributed by atoms with Crippen molar-refractivity contribution in [3.05, 3.63) is 125 Å². The highest BCUT2D eigenvalue weighted by Gasteiger charge is 2.40. The molecule has 4 heteroatoms. The molecule has 0 fully saturated rings. The van der Waals surface area contributed by atoms with Crippen molar-refractivity contribution in [3.63, 3.8) is 0 Å². The van der Waals surface area contributed by atoms with E-state index in [1.54, 1.807) is 21.3 Å². The lowest BCUT2D eigenvalue weighted by atomic mass is 9.75. The molecule has 174 valence electrons. The fourth-order valence-corrected chi connectivity index (χ4v) is 4.63. The summed E-state index contributed by atoms with van der Waals surface area (Å²) in [5.41, 5.74) is 4.09. The second-order valence-corrected chi connectivity index (χ2v) is 8.24. The summed E-state index contributed by atoms with van der Waals surface area (Å²) in [7, 11) is 7.25. The third kappa shape index (κ3) is 4.50. The summed E-state index contributed by atoms with van der Waals surface area (Å²) < 4.78 is 16.4. The van der Waals surface area contributed by atoms with Crippen LogP contribution in [0.3, 0.4) is 0 Å². The van der Waals surface area contributed by atoms with Gasteiger partial charge in [0.1, 0.15) is 17.2 Å². The van der Waals surface area contributed by atoms with Gasteiger partial charge in [-0.05, 0) is 65.7 Å². The molecule has 0 heterocycles. The fraction of sp³-hybridized carbons (Fsp3) is 0.200. The minimum absolute atomic E-state index is 0.569. The summed E-state index contributed by atoms with van der Waals surface area (Å²) in [6.45, 7) is 0.755. The zero-order valence-electron chi connectivity index (χ0n) is 20.2. The van der Waals surface area contributed by atoms with Crippen LogP contribution in [-0.2, 0) is 12.1 Å². The number of ether oxygens (including phenoxy) is 3. The van der Waals surface area contributed by atoms with Crippen molar-refractivity contribution in [2.24, 2.45) is 0 Å². The van der Waals surface area contributed by atoms with Crippen LogP contribution in [0.2, 0.25) is 0 Å². The molecule has 0 bridgehead atoms.